The highest BCUT2D eigenvalue weighted by Crippen LogP contribution is 2.29. The van der Waals surface area contributed by atoms with Crippen molar-refractivity contribution in [1.29, 1.82) is 0 Å². The molecule has 0 aliphatic carbocycles. The molecule has 0 unspecified atom stereocenters. The van der Waals surface area contributed by atoms with Crippen molar-refractivity contribution in [2.75, 3.05) is 11.5 Å². The number of halogens is 1. The van der Waals surface area contributed by atoms with Crippen LogP contribution >= 0.6 is 11.6 Å². The molecule has 94 valence electrons. The summed E-state index contributed by atoms with van der Waals surface area (Å²) in [4.78, 5) is 12.5. The van der Waals surface area contributed by atoms with Gasteiger partial charge in [-0.05, 0) is 29.8 Å². The van der Waals surface area contributed by atoms with E-state index in [-0.39, 0.29) is 5.28 Å². The Bertz CT molecular complexity index is 772. The molecular formula is C13H10ClN5. The lowest BCUT2D eigenvalue weighted by atomic mass is 10.1. The van der Waals surface area contributed by atoms with Gasteiger partial charge in [-0.3, -0.25) is 4.98 Å². The van der Waals surface area contributed by atoms with Crippen molar-refractivity contribution in [3.63, 3.8) is 0 Å². The summed E-state index contributed by atoms with van der Waals surface area (Å²) in [6, 6.07) is 9.16. The van der Waals surface area contributed by atoms with Gasteiger partial charge in [0.05, 0.1) is 5.69 Å². The van der Waals surface area contributed by atoms with Crippen LogP contribution in [0.3, 0.4) is 0 Å². The van der Waals surface area contributed by atoms with Gasteiger partial charge in [0.1, 0.15) is 11.3 Å². The van der Waals surface area contributed by atoms with Crippen molar-refractivity contribution in [2.45, 2.75) is 0 Å². The smallest absolute Gasteiger partial charge is 0.224 e. The van der Waals surface area contributed by atoms with Gasteiger partial charge < -0.3 is 11.5 Å². The highest BCUT2D eigenvalue weighted by atomic mass is 35.5. The molecule has 1 aromatic carbocycles. The minimum atomic E-state index is 0.100. The lowest BCUT2D eigenvalue weighted by Crippen LogP contribution is -1.98. The Hall–Kier alpha value is -2.40. The number of nitrogens with zero attached hydrogens (tertiary/aromatic N) is 3. The summed E-state index contributed by atoms with van der Waals surface area (Å²) in [7, 11) is 0. The van der Waals surface area contributed by atoms with Crippen molar-refractivity contribution in [2.24, 2.45) is 0 Å². The van der Waals surface area contributed by atoms with Gasteiger partial charge in [-0.15, -0.1) is 0 Å². The lowest BCUT2D eigenvalue weighted by molar-refractivity contribution is 1.21. The zero-order valence-corrected chi connectivity index (χ0v) is 10.6. The normalized spacial score (nSPS) is 10.8. The van der Waals surface area contributed by atoms with Crippen LogP contribution < -0.4 is 11.5 Å². The van der Waals surface area contributed by atoms with Gasteiger partial charge in [0.25, 0.3) is 0 Å². The number of nitrogen functional groups attached to an aromatic ring is 2. The van der Waals surface area contributed by atoms with Crippen LogP contribution in [0.4, 0.5) is 11.5 Å². The number of aromatic nitrogens is 3. The van der Waals surface area contributed by atoms with Crippen molar-refractivity contribution in [3.05, 3.63) is 41.8 Å². The highest BCUT2D eigenvalue weighted by molar-refractivity contribution is 6.29. The number of hydrogen-bond acceptors (Lipinski definition) is 5. The van der Waals surface area contributed by atoms with Crippen molar-refractivity contribution >= 4 is 34.0 Å². The molecule has 2 heterocycles. The number of hydrogen-bond donors (Lipinski definition) is 2. The maximum Gasteiger partial charge on any atom is 0.224 e. The molecule has 0 atom stereocenters. The molecule has 3 aromatic rings. The first-order valence-corrected chi connectivity index (χ1v) is 5.96. The third-order valence-electron chi connectivity index (χ3n) is 2.78. The average Bonchev–Trinajstić information content (AvgIpc) is 2.38. The van der Waals surface area contributed by atoms with E-state index in [0.717, 1.165) is 10.9 Å². The van der Waals surface area contributed by atoms with Crippen LogP contribution in [0.5, 0.6) is 0 Å². The van der Waals surface area contributed by atoms with E-state index in [4.69, 9.17) is 23.1 Å². The van der Waals surface area contributed by atoms with E-state index >= 15 is 0 Å². The van der Waals surface area contributed by atoms with E-state index in [1.807, 2.05) is 24.3 Å². The molecule has 2 aromatic heterocycles. The van der Waals surface area contributed by atoms with E-state index in [1.165, 1.54) is 0 Å². The molecule has 0 aliphatic rings. The summed E-state index contributed by atoms with van der Waals surface area (Å²) >= 11 is 5.86. The fourth-order valence-corrected chi connectivity index (χ4v) is 2.12. The zero-order valence-electron chi connectivity index (χ0n) is 9.84. The quantitative estimate of drug-likeness (QED) is 0.524. The predicted molar refractivity (Wildman–Crippen MR) is 76.6 cm³/mol. The third-order valence-corrected chi connectivity index (χ3v) is 2.95. The highest BCUT2D eigenvalue weighted by Gasteiger charge is 2.11. The standard InChI is InChI=1S/C13H10ClN5/c14-13-18-11-9(12(16)19-13)4-5-17-10(11)7-2-1-3-8(15)6-7/h1-6H,15H2,(H2,16,18,19). The Labute approximate surface area is 114 Å². The molecule has 0 aliphatic heterocycles. The van der Waals surface area contributed by atoms with Gasteiger partial charge in [-0.1, -0.05) is 12.1 Å². The van der Waals surface area contributed by atoms with Crippen LogP contribution in [0.25, 0.3) is 22.2 Å². The summed E-state index contributed by atoms with van der Waals surface area (Å²) in [5.41, 5.74) is 14.4. The van der Waals surface area contributed by atoms with Gasteiger partial charge >= 0.3 is 0 Å². The summed E-state index contributed by atoms with van der Waals surface area (Å²) in [6.45, 7) is 0. The van der Waals surface area contributed by atoms with Gasteiger partial charge in [0.2, 0.25) is 5.28 Å². The molecule has 5 nitrogen and oxygen atoms in total. The molecule has 0 spiro atoms. The summed E-state index contributed by atoms with van der Waals surface area (Å²) in [5, 5.41) is 0.819. The Morgan fingerprint density at radius 3 is 2.68 bits per heavy atom. The van der Waals surface area contributed by atoms with Crippen LogP contribution in [-0.4, -0.2) is 15.0 Å². The first-order valence-electron chi connectivity index (χ1n) is 5.59. The number of benzene rings is 1. The van der Waals surface area contributed by atoms with E-state index in [1.54, 1.807) is 12.3 Å². The molecule has 0 fully saturated rings. The molecule has 0 saturated heterocycles. The van der Waals surface area contributed by atoms with Crippen LogP contribution in [0.15, 0.2) is 36.5 Å². The van der Waals surface area contributed by atoms with Gasteiger partial charge in [0, 0.05) is 22.8 Å². The molecular weight excluding hydrogens is 262 g/mol. The topological polar surface area (TPSA) is 90.7 Å². The molecule has 0 bridgehead atoms. The Kier molecular flexibility index (Phi) is 2.68. The van der Waals surface area contributed by atoms with Gasteiger partial charge in [-0.25, -0.2) is 9.97 Å². The minimum absolute atomic E-state index is 0.100. The average molecular weight is 272 g/mol. The van der Waals surface area contributed by atoms with Crippen LogP contribution in [-0.2, 0) is 0 Å². The van der Waals surface area contributed by atoms with E-state index in [2.05, 4.69) is 15.0 Å². The van der Waals surface area contributed by atoms with Gasteiger partial charge in [-0.2, -0.15) is 0 Å². The lowest BCUT2D eigenvalue weighted by Gasteiger charge is -2.07. The van der Waals surface area contributed by atoms with E-state index < -0.39 is 0 Å². The Balaban J connectivity index is 2.36. The second-order valence-electron chi connectivity index (χ2n) is 4.06. The molecule has 4 N–H and O–H groups in total. The van der Waals surface area contributed by atoms with Crippen molar-refractivity contribution in [3.8, 4) is 11.3 Å². The third kappa shape index (κ3) is 2.04. The fourth-order valence-electron chi connectivity index (χ4n) is 1.95. The van der Waals surface area contributed by atoms with E-state index in [9.17, 15) is 0 Å². The monoisotopic (exact) mass is 271 g/mol. The maximum absolute atomic E-state index is 5.86. The summed E-state index contributed by atoms with van der Waals surface area (Å²) in [6.07, 6.45) is 1.66. The van der Waals surface area contributed by atoms with Crippen LogP contribution in [0, 0.1) is 0 Å². The predicted octanol–water partition coefficient (Wildman–Crippen LogP) is 2.51. The van der Waals surface area contributed by atoms with Crippen molar-refractivity contribution in [1.82, 2.24) is 15.0 Å². The molecule has 0 saturated carbocycles. The molecule has 6 heteroatoms. The number of nitrogens with two attached hydrogens (primary N) is 2. The van der Waals surface area contributed by atoms with E-state index in [0.29, 0.717) is 22.7 Å². The number of rotatable bonds is 1. The molecule has 3 rings (SSSR count). The SMILES string of the molecule is Nc1cccc(-c2nccc3c(N)nc(Cl)nc23)c1. The second kappa shape index (κ2) is 4.37. The maximum atomic E-state index is 5.86. The summed E-state index contributed by atoms with van der Waals surface area (Å²) < 4.78 is 0. The fraction of sp³-hybridized carbons (Fsp3) is 0. The second-order valence-corrected chi connectivity index (χ2v) is 4.40. The molecule has 0 amide bonds. The zero-order chi connectivity index (χ0) is 13.4. The van der Waals surface area contributed by atoms with Crippen LogP contribution in [0.1, 0.15) is 0 Å². The number of anilines is 2. The van der Waals surface area contributed by atoms with Crippen molar-refractivity contribution < 1.29 is 0 Å². The first kappa shape index (κ1) is 11.7. The minimum Gasteiger partial charge on any atom is -0.399 e. The molecule has 0 radical (unpaired) electrons. The number of pyridine rings is 1. The molecule has 19 heavy (non-hydrogen) atoms. The first-order chi connectivity index (χ1) is 9.15. The Morgan fingerprint density at radius 1 is 1.05 bits per heavy atom. The summed E-state index contributed by atoms with van der Waals surface area (Å²) in [5.74, 6) is 0.336. The Morgan fingerprint density at radius 2 is 1.89 bits per heavy atom. The largest absolute Gasteiger partial charge is 0.399 e. The van der Waals surface area contributed by atoms with Gasteiger partial charge in [0.15, 0.2) is 0 Å². The van der Waals surface area contributed by atoms with Crippen LogP contribution in [0.2, 0.25) is 5.28 Å². The number of fused-ring (bicyclic) bond motifs is 1.